The van der Waals surface area contributed by atoms with Gasteiger partial charge < -0.3 is 4.98 Å². The fourth-order valence-electron chi connectivity index (χ4n) is 2.90. The van der Waals surface area contributed by atoms with E-state index >= 15 is 0 Å². The second-order valence-corrected chi connectivity index (χ2v) is 6.93. The average Bonchev–Trinajstić information content (AvgIpc) is 3.14. The van der Waals surface area contributed by atoms with Crippen molar-refractivity contribution in [2.75, 3.05) is 0 Å². The number of nitrogens with one attached hydrogen (secondary N) is 1. The molecule has 1 aromatic heterocycles. The van der Waals surface area contributed by atoms with Crippen molar-refractivity contribution in [1.82, 2.24) is 9.97 Å². The van der Waals surface area contributed by atoms with Crippen LogP contribution < -0.4 is 0 Å². The quantitative estimate of drug-likeness (QED) is 0.423. The van der Waals surface area contributed by atoms with Gasteiger partial charge in [-0.1, -0.05) is 83.9 Å². The number of imidazole rings is 1. The zero-order chi connectivity index (χ0) is 17.9. The molecule has 4 heteroatoms. The van der Waals surface area contributed by atoms with Crippen molar-refractivity contribution in [3.63, 3.8) is 0 Å². The van der Waals surface area contributed by atoms with Gasteiger partial charge in [-0.2, -0.15) is 0 Å². The van der Waals surface area contributed by atoms with Gasteiger partial charge in [0.2, 0.25) is 0 Å². The molecule has 0 bridgehead atoms. The SMILES string of the molecule is Clc1ccc(-c2cnc(Cc3ccc(-c4ccccc4)cc3)[nH]2)cc1Cl. The fourth-order valence-corrected chi connectivity index (χ4v) is 3.20. The number of hydrogen-bond acceptors (Lipinski definition) is 1. The third kappa shape index (κ3) is 3.67. The smallest absolute Gasteiger partial charge is 0.110 e. The number of hydrogen-bond donors (Lipinski definition) is 1. The van der Waals surface area contributed by atoms with Gasteiger partial charge in [-0.25, -0.2) is 4.98 Å². The van der Waals surface area contributed by atoms with Crippen molar-refractivity contribution in [3.8, 4) is 22.4 Å². The van der Waals surface area contributed by atoms with Gasteiger partial charge in [0, 0.05) is 12.0 Å². The minimum Gasteiger partial charge on any atom is -0.342 e. The molecule has 0 atom stereocenters. The van der Waals surface area contributed by atoms with E-state index in [1.165, 1.54) is 16.7 Å². The van der Waals surface area contributed by atoms with Gasteiger partial charge in [0.15, 0.2) is 0 Å². The maximum atomic E-state index is 6.10. The molecule has 3 aromatic carbocycles. The van der Waals surface area contributed by atoms with Crippen LogP contribution in [0.15, 0.2) is 79.0 Å². The summed E-state index contributed by atoms with van der Waals surface area (Å²) in [5, 5.41) is 1.09. The number of H-pyrrole nitrogens is 1. The van der Waals surface area contributed by atoms with Gasteiger partial charge in [0.05, 0.1) is 21.9 Å². The Morgan fingerprint density at radius 3 is 2.15 bits per heavy atom. The lowest BCUT2D eigenvalue weighted by atomic mass is 10.0. The third-order valence-corrected chi connectivity index (χ3v) is 5.03. The zero-order valence-electron chi connectivity index (χ0n) is 13.9. The number of nitrogens with zero attached hydrogens (tertiary/aromatic N) is 1. The van der Waals surface area contributed by atoms with E-state index in [1.54, 1.807) is 6.07 Å². The Bertz CT molecular complexity index is 1020. The normalized spacial score (nSPS) is 10.8. The summed E-state index contributed by atoms with van der Waals surface area (Å²) in [6, 6.07) is 24.5. The molecule has 0 radical (unpaired) electrons. The maximum Gasteiger partial charge on any atom is 0.110 e. The minimum atomic E-state index is 0.539. The summed E-state index contributed by atoms with van der Waals surface area (Å²) in [5.74, 6) is 0.915. The van der Waals surface area contributed by atoms with Gasteiger partial charge in [-0.3, -0.25) is 0 Å². The summed E-state index contributed by atoms with van der Waals surface area (Å²) >= 11 is 12.1. The predicted molar refractivity (Wildman–Crippen MR) is 109 cm³/mol. The van der Waals surface area contributed by atoms with E-state index in [2.05, 4.69) is 58.5 Å². The second kappa shape index (κ2) is 7.36. The van der Waals surface area contributed by atoms with Crippen molar-refractivity contribution in [3.05, 3.63) is 100 Å². The van der Waals surface area contributed by atoms with E-state index in [-0.39, 0.29) is 0 Å². The highest BCUT2D eigenvalue weighted by atomic mass is 35.5. The molecule has 0 aliphatic rings. The molecule has 0 amide bonds. The first-order valence-corrected chi connectivity index (χ1v) is 9.08. The summed E-state index contributed by atoms with van der Waals surface area (Å²) < 4.78 is 0. The van der Waals surface area contributed by atoms with E-state index in [0.29, 0.717) is 10.0 Å². The van der Waals surface area contributed by atoms with Crippen molar-refractivity contribution < 1.29 is 0 Å². The van der Waals surface area contributed by atoms with Crippen LogP contribution >= 0.6 is 23.2 Å². The summed E-state index contributed by atoms with van der Waals surface area (Å²) in [5.41, 5.74) is 5.54. The Morgan fingerprint density at radius 2 is 1.42 bits per heavy atom. The molecule has 1 N–H and O–H groups in total. The van der Waals surface area contributed by atoms with Crippen molar-refractivity contribution in [1.29, 1.82) is 0 Å². The molecule has 0 saturated carbocycles. The van der Waals surface area contributed by atoms with E-state index < -0.39 is 0 Å². The molecule has 0 aliphatic heterocycles. The molecule has 26 heavy (non-hydrogen) atoms. The zero-order valence-corrected chi connectivity index (χ0v) is 15.4. The fraction of sp³-hybridized carbons (Fsp3) is 0.0455. The molecule has 128 valence electrons. The summed E-state index contributed by atoms with van der Waals surface area (Å²) in [6.07, 6.45) is 2.57. The van der Waals surface area contributed by atoms with E-state index in [4.69, 9.17) is 23.2 Å². The molecular formula is C22H16Cl2N2. The minimum absolute atomic E-state index is 0.539. The average molecular weight is 379 g/mol. The van der Waals surface area contributed by atoms with Crippen LogP contribution in [0.1, 0.15) is 11.4 Å². The van der Waals surface area contributed by atoms with Gasteiger partial charge in [-0.05, 0) is 28.8 Å². The first-order valence-electron chi connectivity index (χ1n) is 8.33. The van der Waals surface area contributed by atoms with Crippen molar-refractivity contribution in [2.24, 2.45) is 0 Å². The molecule has 2 nitrogen and oxygen atoms in total. The Morgan fingerprint density at radius 1 is 0.731 bits per heavy atom. The van der Waals surface area contributed by atoms with Crippen LogP contribution in [0, 0.1) is 0 Å². The number of aromatic amines is 1. The molecule has 0 spiro atoms. The highest BCUT2D eigenvalue weighted by Crippen LogP contribution is 2.28. The van der Waals surface area contributed by atoms with Crippen LogP contribution in [0.5, 0.6) is 0 Å². The Hall–Kier alpha value is -2.55. The Kier molecular flexibility index (Phi) is 4.79. The molecule has 0 saturated heterocycles. The maximum absolute atomic E-state index is 6.10. The molecule has 4 rings (SSSR count). The van der Waals surface area contributed by atoms with Gasteiger partial charge in [0.25, 0.3) is 0 Å². The number of aromatic nitrogens is 2. The second-order valence-electron chi connectivity index (χ2n) is 6.11. The van der Waals surface area contributed by atoms with Crippen molar-refractivity contribution >= 4 is 23.2 Å². The molecule has 4 aromatic rings. The van der Waals surface area contributed by atoms with Crippen LogP contribution in [0.4, 0.5) is 0 Å². The molecular weight excluding hydrogens is 363 g/mol. The molecule has 0 unspecified atom stereocenters. The first kappa shape index (κ1) is 16.9. The largest absolute Gasteiger partial charge is 0.342 e. The van der Waals surface area contributed by atoms with Crippen LogP contribution in [-0.2, 0) is 6.42 Å². The first-order chi connectivity index (χ1) is 12.7. The monoisotopic (exact) mass is 378 g/mol. The number of halogens is 2. The number of rotatable bonds is 4. The van der Waals surface area contributed by atoms with Crippen molar-refractivity contribution in [2.45, 2.75) is 6.42 Å². The standard InChI is InChI=1S/C22H16Cl2N2/c23-19-11-10-18(13-20(19)24)21-14-25-22(26-21)12-15-6-8-17(9-7-15)16-4-2-1-3-5-16/h1-11,13-14H,12H2,(H,25,26). The Labute approximate surface area is 162 Å². The summed E-state index contributed by atoms with van der Waals surface area (Å²) in [7, 11) is 0. The van der Waals surface area contributed by atoms with Crippen LogP contribution in [0.2, 0.25) is 10.0 Å². The van der Waals surface area contributed by atoms with E-state index in [9.17, 15) is 0 Å². The van der Waals surface area contributed by atoms with Crippen LogP contribution in [-0.4, -0.2) is 9.97 Å². The topological polar surface area (TPSA) is 28.7 Å². The third-order valence-electron chi connectivity index (χ3n) is 4.29. The lowest BCUT2D eigenvalue weighted by Gasteiger charge is -2.04. The molecule has 0 fully saturated rings. The Balaban J connectivity index is 1.51. The number of benzene rings is 3. The van der Waals surface area contributed by atoms with E-state index in [0.717, 1.165) is 23.5 Å². The molecule has 1 heterocycles. The molecule has 0 aliphatic carbocycles. The summed E-state index contributed by atoms with van der Waals surface area (Å²) in [6.45, 7) is 0. The summed E-state index contributed by atoms with van der Waals surface area (Å²) in [4.78, 5) is 7.85. The highest BCUT2D eigenvalue weighted by Gasteiger charge is 2.07. The van der Waals surface area contributed by atoms with Crippen LogP contribution in [0.25, 0.3) is 22.4 Å². The van der Waals surface area contributed by atoms with Gasteiger partial charge >= 0.3 is 0 Å². The van der Waals surface area contributed by atoms with Gasteiger partial charge in [-0.15, -0.1) is 0 Å². The van der Waals surface area contributed by atoms with Gasteiger partial charge in [0.1, 0.15) is 5.82 Å². The lowest BCUT2D eigenvalue weighted by molar-refractivity contribution is 1.03. The highest BCUT2D eigenvalue weighted by molar-refractivity contribution is 6.42. The van der Waals surface area contributed by atoms with Crippen LogP contribution in [0.3, 0.4) is 0 Å². The predicted octanol–water partition coefficient (Wildman–Crippen LogP) is 6.64. The van der Waals surface area contributed by atoms with E-state index in [1.807, 2.05) is 24.4 Å². The lowest BCUT2D eigenvalue weighted by Crippen LogP contribution is -1.91.